The number of nitrogens with zero attached hydrogens (tertiary/aromatic N) is 4. The fourth-order valence-electron chi connectivity index (χ4n) is 4.59. The van der Waals surface area contributed by atoms with E-state index < -0.39 is 0 Å². The van der Waals surface area contributed by atoms with E-state index in [1.807, 2.05) is 0 Å². The lowest BCUT2D eigenvalue weighted by molar-refractivity contribution is -0.133. The molecule has 1 aromatic heterocycles. The molecule has 0 saturated carbocycles. The number of para-hydroxylation sites is 1. The molecule has 1 amide bonds. The van der Waals surface area contributed by atoms with Gasteiger partial charge in [-0.15, -0.1) is 0 Å². The van der Waals surface area contributed by atoms with Crippen molar-refractivity contribution in [2.75, 3.05) is 39.3 Å². The second-order valence-electron chi connectivity index (χ2n) is 8.16. The van der Waals surface area contributed by atoms with Crippen LogP contribution in [0, 0.1) is 0 Å². The highest BCUT2D eigenvalue weighted by molar-refractivity contribution is 5.88. The van der Waals surface area contributed by atoms with Crippen LogP contribution in [0.15, 0.2) is 24.3 Å². The molecule has 0 aliphatic carbocycles. The van der Waals surface area contributed by atoms with Crippen LogP contribution < -0.4 is 0 Å². The molecule has 1 fully saturated rings. The summed E-state index contributed by atoms with van der Waals surface area (Å²) in [5, 5.41) is 1.32. The fourth-order valence-corrected chi connectivity index (χ4v) is 4.59. The molecule has 2 aromatic rings. The number of carbonyl (C=O) groups is 1. The predicted octanol–water partition coefficient (Wildman–Crippen LogP) is 2.57. The number of benzene rings is 1. The van der Waals surface area contributed by atoms with Crippen molar-refractivity contribution in [3.05, 3.63) is 35.5 Å². The molecule has 0 spiro atoms. The number of amides is 1. The molecule has 0 radical (unpaired) electrons. The van der Waals surface area contributed by atoms with Crippen LogP contribution in [0.5, 0.6) is 0 Å². The van der Waals surface area contributed by atoms with Crippen LogP contribution >= 0.6 is 0 Å². The highest BCUT2D eigenvalue weighted by Crippen LogP contribution is 2.31. The van der Waals surface area contributed by atoms with Gasteiger partial charge < -0.3 is 14.4 Å². The Balaban J connectivity index is 1.60. The number of aromatic nitrogens is 1. The molecule has 0 bridgehead atoms. The molecule has 0 N–H and O–H groups in total. The molecule has 27 heavy (non-hydrogen) atoms. The standard InChI is InChI=1S/C22H32N4O/c1-4-23-11-13-24(14-12-23)22(27)16-26-20-8-6-5-7-18(20)19-15-25(17(2)3)10-9-21(19)26/h5-8,17H,4,9-16H2,1-3H3. The lowest BCUT2D eigenvalue weighted by Gasteiger charge is -2.34. The van der Waals surface area contributed by atoms with Crippen LogP contribution in [-0.2, 0) is 24.3 Å². The largest absolute Gasteiger partial charge is 0.339 e. The van der Waals surface area contributed by atoms with Gasteiger partial charge in [-0.1, -0.05) is 25.1 Å². The van der Waals surface area contributed by atoms with Crippen LogP contribution in [0.2, 0.25) is 0 Å². The monoisotopic (exact) mass is 368 g/mol. The first-order chi connectivity index (χ1) is 13.1. The summed E-state index contributed by atoms with van der Waals surface area (Å²) in [4.78, 5) is 20.0. The van der Waals surface area contributed by atoms with E-state index in [1.54, 1.807) is 0 Å². The highest BCUT2D eigenvalue weighted by atomic mass is 16.2. The van der Waals surface area contributed by atoms with Crippen molar-refractivity contribution in [3.63, 3.8) is 0 Å². The Labute approximate surface area is 162 Å². The van der Waals surface area contributed by atoms with Crippen LogP contribution in [0.25, 0.3) is 10.9 Å². The van der Waals surface area contributed by atoms with Gasteiger partial charge in [0.25, 0.3) is 0 Å². The summed E-state index contributed by atoms with van der Waals surface area (Å²) < 4.78 is 2.30. The number of fused-ring (bicyclic) bond motifs is 3. The van der Waals surface area contributed by atoms with Crippen molar-refractivity contribution in [2.24, 2.45) is 0 Å². The number of hydrogen-bond donors (Lipinski definition) is 0. The summed E-state index contributed by atoms with van der Waals surface area (Å²) in [6.07, 6.45) is 1.03. The Morgan fingerprint density at radius 1 is 1.07 bits per heavy atom. The maximum Gasteiger partial charge on any atom is 0.242 e. The molecular weight excluding hydrogens is 336 g/mol. The molecule has 0 atom stereocenters. The van der Waals surface area contributed by atoms with Gasteiger partial charge in [-0.2, -0.15) is 0 Å². The Hall–Kier alpha value is -1.85. The molecule has 3 heterocycles. The zero-order valence-electron chi connectivity index (χ0n) is 16.9. The minimum Gasteiger partial charge on any atom is -0.339 e. The molecule has 2 aliphatic rings. The lowest BCUT2D eigenvalue weighted by Crippen LogP contribution is -2.49. The van der Waals surface area contributed by atoms with E-state index in [9.17, 15) is 4.79 Å². The number of carbonyl (C=O) groups excluding carboxylic acids is 1. The zero-order valence-corrected chi connectivity index (χ0v) is 16.9. The third-order valence-corrected chi connectivity index (χ3v) is 6.39. The smallest absolute Gasteiger partial charge is 0.242 e. The van der Waals surface area contributed by atoms with E-state index in [0.717, 1.165) is 52.2 Å². The molecule has 5 heteroatoms. The van der Waals surface area contributed by atoms with Crippen molar-refractivity contribution in [1.29, 1.82) is 0 Å². The molecule has 5 nitrogen and oxygen atoms in total. The zero-order chi connectivity index (χ0) is 19.0. The first-order valence-corrected chi connectivity index (χ1v) is 10.4. The molecule has 1 saturated heterocycles. The quantitative estimate of drug-likeness (QED) is 0.831. The minimum absolute atomic E-state index is 0.264. The average Bonchev–Trinajstić information content (AvgIpc) is 3.01. The molecule has 4 rings (SSSR count). The number of rotatable bonds is 4. The summed E-state index contributed by atoms with van der Waals surface area (Å²) in [7, 11) is 0. The first-order valence-electron chi connectivity index (χ1n) is 10.4. The van der Waals surface area contributed by atoms with Gasteiger partial charge in [0, 0.05) is 68.3 Å². The second kappa shape index (κ2) is 7.64. The van der Waals surface area contributed by atoms with E-state index in [0.29, 0.717) is 12.6 Å². The normalized spacial score (nSPS) is 19.0. The van der Waals surface area contributed by atoms with Crippen LogP contribution in [0.1, 0.15) is 32.0 Å². The Kier molecular flexibility index (Phi) is 5.24. The van der Waals surface area contributed by atoms with E-state index in [-0.39, 0.29) is 5.91 Å². The second-order valence-corrected chi connectivity index (χ2v) is 8.16. The van der Waals surface area contributed by atoms with Crippen molar-refractivity contribution >= 4 is 16.8 Å². The van der Waals surface area contributed by atoms with Gasteiger partial charge in [-0.25, -0.2) is 0 Å². The van der Waals surface area contributed by atoms with E-state index in [1.165, 1.54) is 22.2 Å². The molecule has 146 valence electrons. The SMILES string of the molecule is CCN1CCN(C(=O)Cn2c3c(c4ccccc42)CN(C(C)C)CC3)CC1. The van der Waals surface area contributed by atoms with Gasteiger partial charge >= 0.3 is 0 Å². The number of piperazine rings is 1. The van der Waals surface area contributed by atoms with Crippen LogP contribution in [-0.4, -0.2) is 70.5 Å². The minimum atomic E-state index is 0.264. The summed E-state index contributed by atoms with van der Waals surface area (Å²) in [6, 6.07) is 9.16. The lowest BCUT2D eigenvalue weighted by atomic mass is 10.0. The van der Waals surface area contributed by atoms with Gasteiger partial charge in [0.15, 0.2) is 0 Å². The fraction of sp³-hybridized carbons (Fsp3) is 0.591. The number of hydrogen-bond acceptors (Lipinski definition) is 3. The molecule has 2 aliphatic heterocycles. The summed E-state index contributed by atoms with van der Waals surface area (Å²) in [5.74, 6) is 0.264. The van der Waals surface area contributed by atoms with E-state index in [2.05, 4.69) is 64.3 Å². The topological polar surface area (TPSA) is 31.7 Å². The molecule has 0 unspecified atom stereocenters. The summed E-state index contributed by atoms with van der Waals surface area (Å²) in [6.45, 7) is 14.0. The average molecular weight is 369 g/mol. The van der Waals surface area contributed by atoms with Gasteiger partial charge in [0.2, 0.25) is 5.91 Å². The Morgan fingerprint density at radius 3 is 2.52 bits per heavy atom. The predicted molar refractivity (Wildman–Crippen MR) is 110 cm³/mol. The first kappa shape index (κ1) is 18.5. The van der Waals surface area contributed by atoms with E-state index in [4.69, 9.17) is 0 Å². The van der Waals surface area contributed by atoms with Crippen molar-refractivity contribution < 1.29 is 4.79 Å². The molecule has 1 aromatic carbocycles. The van der Waals surface area contributed by atoms with Crippen molar-refractivity contribution in [2.45, 2.75) is 46.3 Å². The van der Waals surface area contributed by atoms with Crippen LogP contribution in [0.3, 0.4) is 0 Å². The third kappa shape index (κ3) is 3.50. The maximum absolute atomic E-state index is 13.0. The van der Waals surface area contributed by atoms with E-state index >= 15 is 0 Å². The molecular formula is C22H32N4O. The third-order valence-electron chi connectivity index (χ3n) is 6.39. The maximum atomic E-state index is 13.0. The Bertz CT molecular complexity index is 817. The summed E-state index contributed by atoms with van der Waals surface area (Å²) >= 11 is 0. The van der Waals surface area contributed by atoms with Gasteiger partial charge in [0.1, 0.15) is 6.54 Å². The van der Waals surface area contributed by atoms with Gasteiger partial charge in [-0.05, 0) is 32.0 Å². The summed E-state index contributed by atoms with van der Waals surface area (Å²) in [5.41, 5.74) is 4.01. The van der Waals surface area contributed by atoms with Gasteiger partial charge in [0.05, 0.1) is 0 Å². The van der Waals surface area contributed by atoms with Crippen LogP contribution in [0.4, 0.5) is 0 Å². The number of likely N-dealkylation sites (N-methyl/N-ethyl adjacent to an activating group) is 1. The van der Waals surface area contributed by atoms with Crippen molar-refractivity contribution in [3.8, 4) is 0 Å². The highest BCUT2D eigenvalue weighted by Gasteiger charge is 2.27. The Morgan fingerprint density at radius 2 is 1.81 bits per heavy atom. The van der Waals surface area contributed by atoms with Gasteiger partial charge in [-0.3, -0.25) is 9.69 Å². The van der Waals surface area contributed by atoms with Crippen molar-refractivity contribution in [1.82, 2.24) is 19.3 Å².